The zero-order valence-electron chi connectivity index (χ0n) is 31.1. The molecule has 19 nitrogen and oxygen atoms in total. The standard InChI is InChI=1S/C35H40F3N8O11P/c1-3-55-58(53,56-4-2)57-16-6-5-15-54-33(52)24-12-9-21(35(36,37)38)17-26(24)43-27(47)14-13-25(32(50)51)44-30(48)20-7-10-22(11-8-20)40-18-23-19-41-29-28(42-23)31(49)46-34(39)45-29/h7-12,17,19,25,40H,3-6,13-16,18H2,1-2H3,(H,43,47)(H,44,48)(H,50,51)(H3,39,41,45,46,49)/t25-/m0/s1. The molecule has 0 radical (unpaired) electrons. The lowest BCUT2D eigenvalue weighted by Crippen LogP contribution is -2.41. The van der Waals surface area contributed by atoms with Gasteiger partial charge >= 0.3 is 25.9 Å². The van der Waals surface area contributed by atoms with Crippen molar-refractivity contribution in [2.75, 3.05) is 42.8 Å². The number of hydrogen-bond donors (Lipinski definition) is 6. The average Bonchev–Trinajstić information content (AvgIpc) is 3.16. The third-order valence-electron chi connectivity index (χ3n) is 7.81. The Bertz CT molecular complexity index is 2200. The summed E-state index contributed by atoms with van der Waals surface area (Å²) in [5.41, 5.74) is 3.91. The van der Waals surface area contributed by atoms with E-state index in [0.29, 0.717) is 23.5 Å². The van der Waals surface area contributed by atoms with Crippen LogP contribution in [0.15, 0.2) is 53.5 Å². The number of carbonyl (C=O) groups excluding carboxylic acids is 3. The number of aliphatic carboxylic acids is 1. The van der Waals surface area contributed by atoms with E-state index in [4.69, 9.17) is 24.0 Å². The van der Waals surface area contributed by atoms with Crippen LogP contribution in [-0.4, -0.2) is 81.3 Å². The number of carboxylic acid groups (broad SMARTS) is 1. The third kappa shape index (κ3) is 13.0. The number of rotatable bonds is 21. The van der Waals surface area contributed by atoms with Gasteiger partial charge in [0.2, 0.25) is 11.9 Å². The first-order valence-electron chi connectivity index (χ1n) is 17.6. The van der Waals surface area contributed by atoms with Crippen LogP contribution in [0.4, 0.5) is 30.5 Å². The molecule has 0 aliphatic heterocycles. The molecule has 23 heteroatoms. The molecule has 4 rings (SSSR count). The Morgan fingerprint density at radius 2 is 1.67 bits per heavy atom. The fraction of sp³-hybridized carbons (Fsp3) is 0.371. The van der Waals surface area contributed by atoms with Crippen molar-refractivity contribution in [1.82, 2.24) is 25.3 Å². The van der Waals surface area contributed by atoms with Gasteiger partial charge < -0.3 is 31.5 Å². The topological polar surface area (TPSA) is 276 Å². The molecule has 2 aromatic carbocycles. The maximum Gasteiger partial charge on any atom is 0.474 e. The number of nitrogen functional groups attached to an aromatic ring is 1. The maximum atomic E-state index is 13.5. The van der Waals surface area contributed by atoms with Gasteiger partial charge in [0.25, 0.3) is 11.5 Å². The number of carbonyl (C=O) groups is 4. The highest BCUT2D eigenvalue weighted by atomic mass is 31.2. The minimum atomic E-state index is -4.83. The first kappa shape index (κ1) is 44.8. The van der Waals surface area contributed by atoms with E-state index in [0.717, 1.165) is 6.07 Å². The molecule has 58 heavy (non-hydrogen) atoms. The fourth-order valence-corrected chi connectivity index (χ4v) is 6.24. The minimum Gasteiger partial charge on any atom is -0.480 e. The van der Waals surface area contributed by atoms with Crippen LogP contribution < -0.4 is 27.2 Å². The number of ether oxygens (including phenoxy) is 1. The van der Waals surface area contributed by atoms with Crippen LogP contribution in [-0.2, 0) is 45.2 Å². The molecule has 0 unspecified atom stereocenters. The lowest BCUT2D eigenvalue weighted by molar-refractivity contribution is -0.139. The van der Waals surface area contributed by atoms with Crippen LogP contribution in [0.25, 0.3) is 11.2 Å². The summed E-state index contributed by atoms with van der Waals surface area (Å²) in [7, 11) is -3.74. The van der Waals surface area contributed by atoms with E-state index in [1.165, 1.54) is 30.5 Å². The van der Waals surface area contributed by atoms with Crippen molar-refractivity contribution in [3.05, 3.63) is 81.4 Å². The average molecular weight is 837 g/mol. The highest BCUT2D eigenvalue weighted by Crippen LogP contribution is 2.49. The summed E-state index contributed by atoms with van der Waals surface area (Å²) in [6.45, 7) is 3.25. The molecule has 0 saturated heterocycles. The van der Waals surface area contributed by atoms with E-state index in [1.54, 1.807) is 13.8 Å². The summed E-state index contributed by atoms with van der Waals surface area (Å²) >= 11 is 0. The lowest BCUT2D eigenvalue weighted by atomic mass is 10.1. The van der Waals surface area contributed by atoms with Crippen LogP contribution in [0.2, 0.25) is 0 Å². The molecule has 2 heterocycles. The van der Waals surface area contributed by atoms with E-state index in [9.17, 15) is 46.8 Å². The van der Waals surface area contributed by atoms with E-state index in [1.807, 2.05) is 0 Å². The summed E-state index contributed by atoms with van der Waals surface area (Å²) in [6, 6.07) is 6.28. The van der Waals surface area contributed by atoms with E-state index < -0.39 is 79.0 Å². The van der Waals surface area contributed by atoms with Gasteiger partial charge in [-0.15, -0.1) is 0 Å². The molecule has 2 aromatic heterocycles. The van der Waals surface area contributed by atoms with Gasteiger partial charge in [-0.25, -0.2) is 24.1 Å². The second kappa shape index (κ2) is 20.5. The van der Waals surface area contributed by atoms with E-state index >= 15 is 0 Å². The van der Waals surface area contributed by atoms with Crippen molar-refractivity contribution < 1.29 is 60.3 Å². The van der Waals surface area contributed by atoms with Crippen LogP contribution in [0.5, 0.6) is 0 Å². The normalized spacial score (nSPS) is 12.2. The highest BCUT2D eigenvalue weighted by Gasteiger charge is 2.32. The zero-order chi connectivity index (χ0) is 42.5. The molecule has 0 bridgehead atoms. The first-order valence-corrected chi connectivity index (χ1v) is 19.1. The molecule has 0 aliphatic carbocycles. The van der Waals surface area contributed by atoms with Gasteiger partial charge in [0.15, 0.2) is 11.2 Å². The molecule has 7 N–H and O–H groups in total. The number of hydrogen-bond acceptors (Lipinski definition) is 15. The van der Waals surface area contributed by atoms with Crippen LogP contribution in [0.1, 0.15) is 71.5 Å². The van der Waals surface area contributed by atoms with E-state index in [2.05, 4.69) is 35.9 Å². The fourth-order valence-electron chi connectivity index (χ4n) is 5.03. The van der Waals surface area contributed by atoms with Crippen LogP contribution in [0, 0.1) is 0 Å². The van der Waals surface area contributed by atoms with Crippen molar-refractivity contribution in [3.63, 3.8) is 0 Å². The summed E-state index contributed by atoms with van der Waals surface area (Å²) in [5, 5.41) is 17.3. The van der Waals surface area contributed by atoms with E-state index in [-0.39, 0.29) is 68.5 Å². The second-order valence-electron chi connectivity index (χ2n) is 12.1. The van der Waals surface area contributed by atoms with Gasteiger partial charge in [-0.2, -0.15) is 18.2 Å². The number of nitrogens with one attached hydrogen (secondary N) is 4. The molecule has 1 atom stereocenters. The van der Waals surface area contributed by atoms with Crippen molar-refractivity contribution in [3.8, 4) is 0 Å². The molecule has 2 amide bonds. The molecular weight excluding hydrogens is 796 g/mol. The zero-order valence-corrected chi connectivity index (χ0v) is 32.0. The Hall–Kier alpha value is -5.96. The van der Waals surface area contributed by atoms with Gasteiger partial charge in [0.05, 0.1) is 61.7 Å². The van der Waals surface area contributed by atoms with Crippen molar-refractivity contribution in [1.29, 1.82) is 0 Å². The number of nitrogens with zero attached hydrogens (tertiary/aromatic N) is 3. The Morgan fingerprint density at radius 1 is 0.983 bits per heavy atom. The number of halogens is 3. The smallest absolute Gasteiger partial charge is 0.474 e. The second-order valence-corrected chi connectivity index (χ2v) is 13.8. The van der Waals surface area contributed by atoms with Gasteiger partial charge in [-0.3, -0.25) is 32.9 Å². The molecule has 0 fully saturated rings. The number of aromatic amines is 1. The molecule has 4 aromatic rings. The summed E-state index contributed by atoms with van der Waals surface area (Å²) in [6.07, 6.45) is -4.02. The number of phosphoric ester groups is 1. The number of nitrogens with two attached hydrogens (primary N) is 1. The molecule has 0 saturated carbocycles. The highest BCUT2D eigenvalue weighted by molar-refractivity contribution is 7.48. The van der Waals surface area contributed by atoms with Gasteiger partial charge in [0, 0.05) is 17.7 Å². The quantitative estimate of drug-likeness (QED) is 0.0378. The third-order valence-corrected chi connectivity index (χ3v) is 9.45. The number of carboxylic acids is 1. The lowest BCUT2D eigenvalue weighted by Gasteiger charge is -2.17. The number of amides is 2. The molecule has 0 aliphatic rings. The van der Waals surface area contributed by atoms with Crippen LogP contribution in [0.3, 0.4) is 0 Å². The number of H-pyrrole nitrogens is 1. The number of aromatic nitrogens is 4. The predicted octanol–water partition coefficient (Wildman–Crippen LogP) is 4.66. The number of phosphoric acid groups is 1. The van der Waals surface area contributed by atoms with Crippen molar-refractivity contribution in [2.24, 2.45) is 0 Å². The Kier molecular flexibility index (Phi) is 15.8. The number of unbranched alkanes of at least 4 members (excludes halogenated alkanes) is 1. The summed E-state index contributed by atoms with van der Waals surface area (Å²) < 4.78 is 73.3. The van der Waals surface area contributed by atoms with Gasteiger partial charge in [-0.1, -0.05) is 0 Å². The van der Waals surface area contributed by atoms with Crippen LogP contribution >= 0.6 is 7.82 Å². The number of anilines is 3. The Morgan fingerprint density at radius 3 is 2.33 bits per heavy atom. The minimum absolute atomic E-state index is 0.00527. The van der Waals surface area contributed by atoms with Gasteiger partial charge in [0.1, 0.15) is 6.04 Å². The van der Waals surface area contributed by atoms with Crippen molar-refractivity contribution >= 4 is 60.1 Å². The maximum absolute atomic E-state index is 13.5. The number of esters is 1. The number of alkyl halides is 3. The molecular formula is C35H40F3N8O11P. The molecule has 0 spiro atoms. The number of benzene rings is 2. The molecule has 312 valence electrons. The Balaban J connectivity index is 1.31. The summed E-state index contributed by atoms with van der Waals surface area (Å²) in [5.74, 6) is -4.39. The first-order chi connectivity index (χ1) is 27.5. The number of fused-ring (bicyclic) bond motifs is 1. The predicted molar refractivity (Wildman–Crippen MR) is 201 cm³/mol. The monoisotopic (exact) mass is 836 g/mol. The SMILES string of the molecule is CCOP(=O)(OCC)OCCCCOC(=O)c1ccc(C(F)(F)F)cc1NC(=O)CC[C@H](NC(=O)c1ccc(NCc2cnc3nc(N)[nH]c(=O)c3n2)cc1)C(=O)O. The Labute approximate surface area is 327 Å². The summed E-state index contributed by atoms with van der Waals surface area (Å²) in [4.78, 5) is 77.3. The largest absolute Gasteiger partial charge is 0.480 e. The van der Waals surface area contributed by atoms with Gasteiger partial charge in [-0.05, 0) is 75.6 Å². The van der Waals surface area contributed by atoms with Crippen molar-refractivity contribution in [2.45, 2.75) is 58.3 Å².